The summed E-state index contributed by atoms with van der Waals surface area (Å²) >= 11 is 1.58. The van der Waals surface area contributed by atoms with Gasteiger partial charge in [-0.05, 0) is 42.7 Å². The van der Waals surface area contributed by atoms with E-state index in [1.54, 1.807) is 11.3 Å². The van der Waals surface area contributed by atoms with E-state index in [1.807, 2.05) is 29.6 Å². The van der Waals surface area contributed by atoms with Crippen molar-refractivity contribution in [2.75, 3.05) is 24.6 Å². The molecule has 0 amide bonds. The van der Waals surface area contributed by atoms with Gasteiger partial charge in [-0.2, -0.15) is 0 Å². The second kappa shape index (κ2) is 8.90. The summed E-state index contributed by atoms with van der Waals surface area (Å²) in [4.78, 5) is 6.79. The quantitative estimate of drug-likeness (QED) is 0.718. The zero-order valence-corrected chi connectivity index (χ0v) is 17.8. The van der Waals surface area contributed by atoms with Crippen LogP contribution in [0.3, 0.4) is 0 Å². The third-order valence-corrected chi connectivity index (χ3v) is 6.71. The Kier molecular flexibility index (Phi) is 6.27. The summed E-state index contributed by atoms with van der Waals surface area (Å²) in [6.45, 7) is 6.67. The van der Waals surface area contributed by atoms with Crippen LogP contribution >= 0.6 is 11.3 Å². The summed E-state index contributed by atoms with van der Waals surface area (Å²) in [5, 5.41) is 22.9. The van der Waals surface area contributed by atoms with Crippen LogP contribution < -0.4 is 14.4 Å². The van der Waals surface area contributed by atoms with Crippen molar-refractivity contribution in [1.29, 1.82) is 0 Å². The third kappa shape index (κ3) is 4.68. The molecule has 2 aliphatic rings. The molecule has 0 spiro atoms. The van der Waals surface area contributed by atoms with E-state index in [4.69, 9.17) is 9.47 Å². The monoisotopic (exact) mass is 418 g/mol. The van der Waals surface area contributed by atoms with Crippen molar-refractivity contribution in [1.82, 2.24) is 4.98 Å². The molecule has 2 aromatic rings. The number of para-hydroxylation sites is 2. The Morgan fingerprint density at radius 1 is 1.17 bits per heavy atom. The van der Waals surface area contributed by atoms with E-state index in [0.29, 0.717) is 30.1 Å². The topological polar surface area (TPSA) is 75.1 Å². The Morgan fingerprint density at radius 3 is 2.59 bits per heavy atom. The van der Waals surface area contributed by atoms with E-state index < -0.39 is 6.10 Å². The van der Waals surface area contributed by atoms with Gasteiger partial charge in [-0.3, -0.25) is 0 Å². The summed E-state index contributed by atoms with van der Waals surface area (Å²) in [6, 6.07) is 7.73. The van der Waals surface area contributed by atoms with Crippen LogP contribution in [-0.2, 0) is 6.61 Å². The van der Waals surface area contributed by atoms with E-state index in [-0.39, 0.29) is 12.7 Å². The first-order valence-corrected chi connectivity index (χ1v) is 11.3. The first-order valence-electron chi connectivity index (χ1n) is 10.4. The molecule has 1 saturated heterocycles. The first kappa shape index (κ1) is 20.4. The van der Waals surface area contributed by atoms with Gasteiger partial charge in [0.05, 0.1) is 25.0 Å². The lowest BCUT2D eigenvalue weighted by molar-refractivity contribution is -0.0243. The maximum absolute atomic E-state index is 10.8. The first-order chi connectivity index (χ1) is 14.0. The van der Waals surface area contributed by atoms with Gasteiger partial charge < -0.3 is 24.6 Å². The maximum Gasteiger partial charge on any atom is 0.185 e. The molecular weight excluding hydrogens is 388 g/mol. The minimum atomic E-state index is -0.487. The van der Waals surface area contributed by atoms with Crippen LogP contribution in [0.25, 0.3) is 0 Å². The second-order valence-corrected chi connectivity index (χ2v) is 9.39. The predicted molar refractivity (Wildman–Crippen MR) is 114 cm³/mol. The number of aromatic nitrogens is 1. The standard InChI is InChI=1S/C22H30N2O4S/c1-14(2)12-27-19-5-3-4-6-20(19)28-21-8-16-10-24(9-15(16)7-18(21)26)22-23-17(11-25)13-29-22/h3-6,13-16,18,21,25-26H,7-12H2,1-2H3/t15-,16+,18+,21+/m0/s1. The zero-order valence-electron chi connectivity index (χ0n) is 17.0. The normalized spacial score (nSPS) is 26.6. The molecule has 2 N–H and O–H groups in total. The fraction of sp³-hybridized carbons (Fsp3) is 0.591. The summed E-state index contributed by atoms with van der Waals surface area (Å²) in [7, 11) is 0. The lowest BCUT2D eigenvalue weighted by Gasteiger charge is -2.35. The number of fused-ring (bicyclic) bond motifs is 1. The second-order valence-electron chi connectivity index (χ2n) is 8.55. The predicted octanol–water partition coefficient (Wildman–Crippen LogP) is 3.32. The molecule has 7 heteroatoms. The fourth-order valence-electron chi connectivity index (χ4n) is 4.27. The number of thiazole rings is 1. The number of hydrogen-bond donors (Lipinski definition) is 2. The Labute approximate surface area is 176 Å². The third-order valence-electron chi connectivity index (χ3n) is 5.76. The number of nitrogens with zero attached hydrogens (tertiary/aromatic N) is 2. The minimum Gasteiger partial charge on any atom is -0.489 e. The van der Waals surface area contributed by atoms with Crippen molar-refractivity contribution in [3.8, 4) is 11.5 Å². The van der Waals surface area contributed by atoms with Crippen LogP contribution in [-0.4, -0.2) is 47.1 Å². The lowest BCUT2D eigenvalue weighted by Crippen LogP contribution is -2.42. The molecule has 1 aromatic carbocycles. The van der Waals surface area contributed by atoms with Crippen molar-refractivity contribution in [2.45, 2.75) is 45.5 Å². The van der Waals surface area contributed by atoms with Gasteiger partial charge in [0, 0.05) is 18.5 Å². The van der Waals surface area contributed by atoms with Gasteiger partial charge in [-0.1, -0.05) is 26.0 Å². The summed E-state index contributed by atoms with van der Waals surface area (Å²) in [5.74, 6) is 2.79. The molecule has 1 aromatic heterocycles. The van der Waals surface area contributed by atoms with E-state index in [9.17, 15) is 10.2 Å². The number of anilines is 1. The minimum absolute atomic E-state index is 0.0237. The highest BCUT2D eigenvalue weighted by Gasteiger charge is 2.43. The highest BCUT2D eigenvalue weighted by atomic mass is 32.1. The Hall–Kier alpha value is -1.83. The van der Waals surface area contributed by atoms with Crippen molar-refractivity contribution < 1.29 is 19.7 Å². The van der Waals surface area contributed by atoms with Crippen molar-refractivity contribution in [3.63, 3.8) is 0 Å². The molecule has 0 bridgehead atoms. The number of benzene rings is 1. The number of rotatable bonds is 7. The van der Waals surface area contributed by atoms with Crippen LogP contribution in [0.4, 0.5) is 5.13 Å². The summed E-state index contributed by atoms with van der Waals surface area (Å²) in [5.41, 5.74) is 0.721. The fourth-order valence-corrected chi connectivity index (χ4v) is 5.11. The van der Waals surface area contributed by atoms with Gasteiger partial charge in [-0.15, -0.1) is 11.3 Å². The molecule has 29 heavy (non-hydrogen) atoms. The lowest BCUT2D eigenvalue weighted by atomic mass is 9.78. The molecule has 1 aliphatic carbocycles. The summed E-state index contributed by atoms with van der Waals surface area (Å²) < 4.78 is 12.2. The van der Waals surface area contributed by atoms with Gasteiger partial charge >= 0.3 is 0 Å². The molecule has 2 heterocycles. The van der Waals surface area contributed by atoms with E-state index in [2.05, 4.69) is 23.7 Å². The molecule has 0 radical (unpaired) electrons. The molecule has 4 atom stereocenters. The average Bonchev–Trinajstić information content (AvgIpc) is 3.34. The van der Waals surface area contributed by atoms with Gasteiger partial charge in [0.15, 0.2) is 16.6 Å². The highest BCUT2D eigenvalue weighted by Crippen LogP contribution is 2.41. The molecule has 2 fully saturated rings. The SMILES string of the molecule is CC(C)COc1ccccc1O[C@@H]1C[C@@H]2CN(c3nc(CO)cs3)C[C@@H]2C[C@H]1O. The van der Waals surface area contributed by atoms with Crippen LogP contribution in [0.2, 0.25) is 0 Å². The Balaban J connectivity index is 1.41. The van der Waals surface area contributed by atoms with Crippen molar-refractivity contribution in [2.24, 2.45) is 17.8 Å². The highest BCUT2D eigenvalue weighted by molar-refractivity contribution is 7.13. The molecular formula is C22H30N2O4S. The number of ether oxygens (including phenoxy) is 2. The Bertz CT molecular complexity index is 812. The summed E-state index contributed by atoms with van der Waals surface area (Å²) in [6.07, 6.45) is 0.834. The molecule has 158 valence electrons. The van der Waals surface area contributed by atoms with Crippen LogP contribution in [0, 0.1) is 17.8 Å². The van der Waals surface area contributed by atoms with Crippen LogP contribution in [0.15, 0.2) is 29.6 Å². The molecule has 4 rings (SSSR count). The van der Waals surface area contributed by atoms with E-state index >= 15 is 0 Å². The smallest absolute Gasteiger partial charge is 0.185 e. The van der Waals surface area contributed by atoms with Gasteiger partial charge in [-0.25, -0.2) is 4.98 Å². The number of hydrogen-bond acceptors (Lipinski definition) is 7. The van der Waals surface area contributed by atoms with Gasteiger partial charge in [0.25, 0.3) is 0 Å². The largest absolute Gasteiger partial charge is 0.489 e. The van der Waals surface area contributed by atoms with E-state index in [1.165, 1.54) is 0 Å². The Morgan fingerprint density at radius 2 is 1.90 bits per heavy atom. The van der Waals surface area contributed by atoms with E-state index in [0.717, 1.165) is 42.5 Å². The van der Waals surface area contributed by atoms with Crippen molar-refractivity contribution >= 4 is 16.5 Å². The molecule has 1 saturated carbocycles. The molecule has 1 aliphatic heterocycles. The molecule has 6 nitrogen and oxygen atoms in total. The maximum atomic E-state index is 10.8. The van der Waals surface area contributed by atoms with Gasteiger partial charge in [0.2, 0.25) is 0 Å². The number of aliphatic hydroxyl groups excluding tert-OH is 2. The molecule has 0 unspecified atom stereocenters. The van der Waals surface area contributed by atoms with Gasteiger partial charge in [0.1, 0.15) is 6.10 Å². The number of aliphatic hydroxyl groups is 2. The van der Waals surface area contributed by atoms with Crippen molar-refractivity contribution in [3.05, 3.63) is 35.3 Å². The van der Waals surface area contributed by atoms with Crippen LogP contribution in [0.1, 0.15) is 32.4 Å². The zero-order chi connectivity index (χ0) is 20.4. The van der Waals surface area contributed by atoms with Crippen LogP contribution in [0.5, 0.6) is 11.5 Å². The average molecular weight is 419 g/mol.